The fourth-order valence-corrected chi connectivity index (χ4v) is 0.764. The zero-order chi connectivity index (χ0) is 5.98. The van der Waals surface area contributed by atoms with Crippen molar-refractivity contribution >= 4 is 5.97 Å². The first-order valence-electron chi connectivity index (χ1n) is 2.63. The van der Waals surface area contributed by atoms with Crippen LogP contribution in [0, 0.1) is 0 Å². The molecule has 1 fully saturated rings. The lowest BCUT2D eigenvalue weighted by atomic mass is 10.2. The summed E-state index contributed by atoms with van der Waals surface area (Å²) in [5.41, 5.74) is 0. The number of quaternary nitrogens is 1. The highest BCUT2D eigenvalue weighted by molar-refractivity contribution is 5.70. The minimum Gasteiger partial charge on any atom is -0.547 e. The smallest absolute Gasteiger partial charge is 0.0969 e. The van der Waals surface area contributed by atoms with Crippen LogP contribution in [0.5, 0.6) is 0 Å². The molecule has 9 heavy (non-hydrogen) atoms. The second-order valence-electron chi connectivity index (χ2n) is 1.82. The fourth-order valence-electron chi connectivity index (χ4n) is 0.764. The monoisotopic (exact) mass is 133 g/mol. The van der Waals surface area contributed by atoms with E-state index >= 15 is 0 Å². The van der Waals surface area contributed by atoms with Gasteiger partial charge in [0.05, 0.1) is 12.1 Å². The molecular formula is C5H11NO3. The van der Waals surface area contributed by atoms with Gasteiger partial charge in [0.15, 0.2) is 0 Å². The Labute approximate surface area is 53.4 Å². The molecule has 0 spiro atoms. The summed E-state index contributed by atoms with van der Waals surface area (Å²) in [5, 5.41) is 9.97. The van der Waals surface area contributed by atoms with Crippen LogP contribution in [0.4, 0.5) is 0 Å². The van der Waals surface area contributed by atoms with Crippen molar-refractivity contribution in [2.75, 3.05) is 6.61 Å². The lowest BCUT2D eigenvalue weighted by Gasteiger charge is -2.07. The third-order valence-electron chi connectivity index (χ3n) is 1.19. The molecule has 1 rings (SSSR count). The quantitative estimate of drug-likeness (QED) is 0.512. The van der Waals surface area contributed by atoms with Gasteiger partial charge in [-0.1, -0.05) is 0 Å². The number of carbonyl (C=O) groups is 1. The summed E-state index contributed by atoms with van der Waals surface area (Å²) in [6.07, 6.45) is 0.830. The predicted molar refractivity (Wildman–Crippen MR) is 30.0 cm³/mol. The van der Waals surface area contributed by atoms with E-state index in [0.29, 0.717) is 13.0 Å². The van der Waals surface area contributed by atoms with E-state index in [1.807, 2.05) is 0 Å². The SMILES string of the molecule is O=C([O-])C1CCCO1.[NH4+]. The van der Waals surface area contributed by atoms with Crippen molar-refractivity contribution in [1.29, 1.82) is 0 Å². The second kappa shape index (κ2) is 3.42. The normalized spacial score (nSPS) is 25.1. The molecule has 54 valence electrons. The van der Waals surface area contributed by atoms with Gasteiger partial charge in [0, 0.05) is 6.61 Å². The molecule has 1 aliphatic heterocycles. The van der Waals surface area contributed by atoms with Gasteiger partial charge in [-0.3, -0.25) is 0 Å². The first-order chi connectivity index (χ1) is 3.80. The Morgan fingerprint density at radius 1 is 1.67 bits per heavy atom. The lowest BCUT2D eigenvalue weighted by Crippen LogP contribution is -2.34. The van der Waals surface area contributed by atoms with Crippen LogP contribution in [0.3, 0.4) is 0 Å². The molecule has 0 aromatic carbocycles. The Hall–Kier alpha value is -0.610. The van der Waals surface area contributed by atoms with Crippen LogP contribution in [-0.2, 0) is 9.53 Å². The van der Waals surface area contributed by atoms with Gasteiger partial charge in [-0.25, -0.2) is 0 Å². The number of ether oxygens (including phenoxy) is 1. The van der Waals surface area contributed by atoms with Gasteiger partial charge in [0.25, 0.3) is 0 Å². The summed E-state index contributed by atoms with van der Waals surface area (Å²) in [7, 11) is 0. The average Bonchev–Trinajstić information content (AvgIpc) is 2.12. The van der Waals surface area contributed by atoms with Gasteiger partial charge in [0.2, 0.25) is 0 Å². The van der Waals surface area contributed by atoms with Crippen molar-refractivity contribution in [3.63, 3.8) is 0 Å². The van der Waals surface area contributed by atoms with Crippen molar-refractivity contribution in [3.05, 3.63) is 0 Å². The van der Waals surface area contributed by atoms with Crippen LogP contribution >= 0.6 is 0 Å². The number of rotatable bonds is 1. The highest BCUT2D eigenvalue weighted by Gasteiger charge is 2.15. The number of aliphatic carboxylic acids is 1. The van der Waals surface area contributed by atoms with E-state index in [0.717, 1.165) is 6.42 Å². The first kappa shape index (κ1) is 8.39. The lowest BCUT2D eigenvalue weighted by molar-refractivity contribution is -0.315. The highest BCUT2D eigenvalue weighted by Crippen LogP contribution is 2.09. The third-order valence-corrected chi connectivity index (χ3v) is 1.19. The van der Waals surface area contributed by atoms with Crippen molar-refractivity contribution in [1.82, 2.24) is 6.15 Å². The van der Waals surface area contributed by atoms with E-state index in [-0.39, 0.29) is 6.15 Å². The topological polar surface area (TPSA) is 85.9 Å². The molecule has 0 aromatic rings. The number of carboxylic acid groups (broad SMARTS) is 1. The van der Waals surface area contributed by atoms with Gasteiger partial charge in [-0.2, -0.15) is 0 Å². The zero-order valence-electron chi connectivity index (χ0n) is 5.42. The number of hydrogen-bond donors (Lipinski definition) is 1. The van der Waals surface area contributed by atoms with E-state index in [9.17, 15) is 9.90 Å². The van der Waals surface area contributed by atoms with Gasteiger partial charge in [-0.15, -0.1) is 0 Å². The van der Waals surface area contributed by atoms with Crippen molar-refractivity contribution < 1.29 is 14.6 Å². The zero-order valence-corrected chi connectivity index (χ0v) is 5.42. The third kappa shape index (κ3) is 1.99. The van der Waals surface area contributed by atoms with E-state index in [1.165, 1.54) is 0 Å². The molecule has 1 unspecified atom stereocenters. The van der Waals surface area contributed by atoms with Crippen LogP contribution in [0.2, 0.25) is 0 Å². The van der Waals surface area contributed by atoms with Crippen molar-refractivity contribution in [3.8, 4) is 0 Å². The first-order valence-corrected chi connectivity index (χ1v) is 2.63. The summed E-state index contributed by atoms with van der Waals surface area (Å²) in [4.78, 5) is 9.97. The molecule has 4 nitrogen and oxygen atoms in total. The van der Waals surface area contributed by atoms with Crippen LogP contribution in [0.25, 0.3) is 0 Å². The molecule has 1 heterocycles. The second-order valence-corrected chi connectivity index (χ2v) is 1.82. The molecule has 1 atom stereocenters. The summed E-state index contributed by atoms with van der Waals surface area (Å²) in [6.45, 7) is 0.568. The molecule has 0 aromatic heterocycles. The van der Waals surface area contributed by atoms with E-state index in [4.69, 9.17) is 4.74 Å². The summed E-state index contributed by atoms with van der Waals surface area (Å²) in [5.74, 6) is -1.08. The van der Waals surface area contributed by atoms with Gasteiger partial charge < -0.3 is 20.8 Å². The Kier molecular flexibility index (Phi) is 3.19. The Morgan fingerprint density at radius 2 is 2.33 bits per heavy atom. The van der Waals surface area contributed by atoms with E-state index in [2.05, 4.69) is 0 Å². The van der Waals surface area contributed by atoms with Gasteiger partial charge in [-0.05, 0) is 12.8 Å². The number of carboxylic acids is 1. The summed E-state index contributed by atoms with van der Waals surface area (Å²) >= 11 is 0. The van der Waals surface area contributed by atoms with E-state index in [1.54, 1.807) is 0 Å². The van der Waals surface area contributed by atoms with Crippen LogP contribution in [-0.4, -0.2) is 18.7 Å². The molecule has 0 saturated carbocycles. The Balaban J connectivity index is 0.000000640. The van der Waals surface area contributed by atoms with Crippen LogP contribution < -0.4 is 11.3 Å². The van der Waals surface area contributed by atoms with Crippen molar-refractivity contribution in [2.45, 2.75) is 18.9 Å². The minimum absolute atomic E-state index is 0. The molecule has 1 aliphatic rings. The number of carbonyl (C=O) groups excluding carboxylic acids is 1. The molecule has 0 amide bonds. The molecule has 4 N–H and O–H groups in total. The fraction of sp³-hybridized carbons (Fsp3) is 0.800. The maximum Gasteiger partial charge on any atom is 0.0969 e. The van der Waals surface area contributed by atoms with Crippen molar-refractivity contribution in [2.24, 2.45) is 0 Å². The highest BCUT2D eigenvalue weighted by atomic mass is 16.5. The maximum atomic E-state index is 9.97. The standard InChI is InChI=1S/C5H8O3.H3N/c6-5(7)4-2-1-3-8-4;/h4H,1-3H2,(H,6,7);1H3. The summed E-state index contributed by atoms with van der Waals surface area (Å²) in [6, 6.07) is 0. The molecule has 0 bridgehead atoms. The van der Waals surface area contributed by atoms with E-state index < -0.39 is 12.1 Å². The Morgan fingerprint density at radius 3 is 2.56 bits per heavy atom. The predicted octanol–water partition coefficient (Wildman–Crippen LogP) is -0.708. The molecule has 4 heteroatoms. The molecular weight excluding hydrogens is 122 g/mol. The Bertz CT molecular complexity index is 98.4. The van der Waals surface area contributed by atoms with Crippen LogP contribution in [0.1, 0.15) is 12.8 Å². The van der Waals surface area contributed by atoms with Crippen LogP contribution in [0.15, 0.2) is 0 Å². The maximum absolute atomic E-state index is 9.97. The molecule has 0 aliphatic carbocycles. The average molecular weight is 133 g/mol. The summed E-state index contributed by atoms with van der Waals surface area (Å²) < 4.78 is 4.75. The largest absolute Gasteiger partial charge is 0.547 e. The van der Waals surface area contributed by atoms with Gasteiger partial charge in [0.1, 0.15) is 0 Å². The van der Waals surface area contributed by atoms with Gasteiger partial charge >= 0.3 is 0 Å². The minimum atomic E-state index is -1.08. The molecule has 0 radical (unpaired) electrons. The molecule has 1 saturated heterocycles. The number of hydrogen-bond acceptors (Lipinski definition) is 3.